The second-order valence-corrected chi connectivity index (χ2v) is 4.52. The average molecular weight is 237 g/mol. The van der Waals surface area contributed by atoms with Crippen molar-refractivity contribution in [3.8, 4) is 0 Å². The van der Waals surface area contributed by atoms with Gasteiger partial charge in [-0.25, -0.2) is 9.78 Å². The van der Waals surface area contributed by atoms with E-state index in [2.05, 4.69) is 11.9 Å². The molecule has 0 saturated carbocycles. The fourth-order valence-electron chi connectivity index (χ4n) is 1.57. The lowest BCUT2D eigenvalue weighted by atomic mass is 10.4. The van der Waals surface area contributed by atoms with Crippen LogP contribution in [0.4, 0.5) is 0 Å². The number of imidazole rings is 1. The first-order valence-corrected chi connectivity index (χ1v) is 6.31. The summed E-state index contributed by atoms with van der Waals surface area (Å²) in [7, 11) is 0. The molecule has 0 saturated heterocycles. The summed E-state index contributed by atoms with van der Waals surface area (Å²) in [5.41, 5.74) is 1.01. The van der Waals surface area contributed by atoms with Gasteiger partial charge in [-0.2, -0.15) is 0 Å². The number of hydrogen-bond acceptors (Lipinski definition) is 3. The summed E-state index contributed by atoms with van der Waals surface area (Å²) in [6.07, 6.45) is 4.59. The van der Waals surface area contributed by atoms with Crippen LogP contribution in [-0.2, 0) is 19.5 Å². The zero-order valence-corrected chi connectivity index (χ0v) is 10.3. The van der Waals surface area contributed by atoms with E-state index in [1.54, 1.807) is 20.5 Å². The second-order valence-electron chi connectivity index (χ2n) is 3.58. The number of thiazole rings is 1. The number of hydrogen-bond donors (Lipinski definition) is 0. The summed E-state index contributed by atoms with van der Waals surface area (Å²) in [5.74, 6) is 0. The maximum absolute atomic E-state index is 11.8. The van der Waals surface area contributed by atoms with E-state index in [4.69, 9.17) is 0 Å². The van der Waals surface area contributed by atoms with Crippen LogP contribution in [0.3, 0.4) is 0 Å². The number of aromatic nitrogens is 3. The number of rotatable bonds is 4. The predicted molar refractivity (Wildman–Crippen MR) is 65.0 cm³/mol. The Morgan fingerprint density at radius 3 is 2.62 bits per heavy atom. The Hall–Kier alpha value is -1.36. The maximum atomic E-state index is 11.8. The molecule has 0 aliphatic rings. The normalized spacial score (nSPS) is 10.9. The van der Waals surface area contributed by atoms with Crippen molar-refractivity contribution in [3.63, 3.8) is 0 Å². The van der Waals surface area contributed by atoms with E-state index in [0.29, 0.717) is 13.1 Å². The van der Waals surface area contributed by atoms with Gasteiger partial charge in [-0.3, -0.25) is 9.13 Å². The molecule has 0 unspecified atom stereocenters. The van der Waals surface area contributed by atoms with Crippen molar-refractivity contribution < 1.29 is 0 Å². The molecule has 0 N–H and O–H groups in total. The van der Waals surface area contributed by atoms with Crippen molar-refractivity contribution in [2.45, 2.75) is 33.4 Å². The molecule has 2 rings (SSSR count). The maximum Gasteiger partial charge on any atom is 0.328 e. The third-order valence-electron chi connectivity index (χ3n) is 2.49. The molecule has 0 fully saturated rings. The molecule has 2 heterocycles. The summed E-state index contributed by atoms with van der Waals surface area (Å²) in [4.78, 5) is 16.2. The van der Waals surface area contributed by atoms with Crippen molar-refractivity contribution in [3.05, 3.63) is 39.0 Å². The van der Waals surface area contributed by atoms with Crippen LogP contribution in [0.5, 0.6) is 0 Å². The van der Waals surface area contributed by atoms with Gasteiger partial charge in [0.15, 0.2) is 0 Å². The molecule has 0 aliphatic carbocycles. The highest BCUT2D eigenvalue weighted by Gasteiger charge is 2.05. The Bertz CT molecular complexity index is 523. The van der Waals surface area contributed by atoms with Gasteiger partial charge in [0.25, 0.3) is 0 Å². The standard InChI is InChI=1S/C11H15N3OS/c1-3-10-12-9(8-16-10)7-14-6-5-13(4-2)11(14)15/h5-6,8H,3-4,7H2,1-2H3. The first kappa shape index (κ1) is 11.1. The van der Waals surface area contributed by atoms with E-state index in [1.165, 1.54) is 0 Å². The van der Waals surface area contributed by atoms with E-state index in [1.807, 2.05) is 24.7 Å². The predicted octanol–water partition coefficient (Wildman–Crippen LogP) is 1.74. The fourth-order valence-corrected chi connectivity index (χ4v) is 2.31. The van der Waals surface area contributed by atoms with Crippen molar-refractivity contribution in [2.75, 3.05) is 0 Å². The van der Waals surface area contributed by atoms with Crippen molar-refractivity contribution in [1.82, 2.24) is 14.1 Å². The largest absolute Gasteiger partial charge is 0.328 e. The van der Waals surface area contributed by atoms with Gasteiger partial charge in [-0.05, 0) is 13.3 Å². The molecular formula is C11H15N3OS. The van der Waals surface area contributed by atoms with E-state index < -0.39 is 0 Å². The van der Waals surface area contributed by atoms with E-state index >= 15 is 0 Å². The smallest absolute Gasteiger partial charge is 0.300 e. The Labute approximate surface area is 98.2 Å². The molecule has 0 bridgehead atoms. The molecule has 0 aliphatic heterocycles. The van der Waals surface area contributed by atoms with E-state index in [9.17, 15) is 4.79 Å². The van der Waals surface area contributed by atoms with E-state index in [-0.39, 0.29) is 5.69 Å². The quantitative estimate of drug-likeness (QED) is 0.812. The minimum atomic E-state index is 0.0357. The van der Waals surface area contributed by atoms with Gasteiger partial charge in [0, 0.05) is 24.3 Å². The Morgan fingerprint density at radius 1 is 1.31 bits per heavy atom. The Balaban J connectivity index is 2.20. The number of nitrogens with zero attached hydrogens (tertiary/aromatic N) is 3. The Kier molecular flexibility index (Phi) is 3.24. The third-order valence-corrected chi connectivity index (χ3v) is 3.53. The van der Waals surface area contributed by atoms with Crippen LogP contribution in [-0.4, -0.2) is 14.1 Å². The highest BCUT2D eigenvalue weighted by atomic mass is 32.1. The molecule has 0 spiro atoms. The summed E-state index contributed by atoms with van der Waals surface area (Å²) in [6.45, 7) is 5.33. The second kappa shape index (κ2) is 4.65. The molecule has 0 radical (unpaired) electrons. The topological polar surface area (TPSA) is 39.8 Å². The molecular weight excluding hydrogens is 222 g/mol. The lowest BCUT2D eigenvalue weighted by molar-refractivity contribution is 0.662. The Morgan fingerprint density at radius 2 is 2.06 bits per heavy atom. The third kappa shape index (κ3) is 2.09. The van der Waals surface area contributed by atoms with Crippen LogP contribution in [0.25, 0.3) is 0 Å². The summed E-state index contributed by atoms with van der Waals surface area (Å²) in [5, 5.41) is 3.15. The molecule has 4 nitrogen and oxygen atoms in total. The highest BCUT2D eigenvalue weighted by Crippen LogP contribution is 2.10. The SMILES string of the molecule is CCc1nc(Cn2ccn(CC)c2=O)cs1. The van der Waals surface area contributed by atoms with Gasteiger partial charge in [0.1, 0.15) is 0 Å². The molecule has 2 aromatic heterocycles. The molecule has 0 aromatic carbocycles. The van der Waals surface area contributed by atoms with Crippen molar-refractivity contribution in [1.29, 1.82) is 0 Å². The van der Waals surface area contributed by atoms with Crippen molar-refractivity contribution in [2.24, 2.45) is 0 Å². The van der Waals surface area contributed by atoms with Crippen LogP contribution >= 0.6 is 11.3 Å². The summed E-state index contributed by atoms with van der Waals surface area (Å²) in [6, 6.07) is 0. The highest BCUT2D eigenvalue weighted by molar-refractivity contribution is 7.09. The van der Waals surface area contributed by atoms with Gasteiger partial charge in [0.2, 0.25) is 0 Å². The van der Waals surface area contributed by atoms with Crippen molar-refractivity contribution >= 4 is 11.3 Å². The first-order valence-electron chi connectivity index (χ1n) is 5.43. The molecule has 86 valence electrons. The van der Waals surface area contributed by atoms with Crippen LogP contribution in [0.15, 0.2) is 22.6 Å². The fraction of sp³-hybridized carbons (Fsp3) is 0.455. The van der Waals surface area contributed by atoms with Gasteiger partial charge in [-0.15, -0.1) is 11.3 Å². The lowest BCUT2D eigenvalue weighted by Gasteiger charge is -1.97. The minimum absolute atomic E-state index is 0.0357. The summed E-state index contributed by atoms with van der Waals surface area (Å²) < 4.78 is 3.38. The molecule has 16 heavy (non-hydrogen) atoms. The van der Waals surface area contributed by atoms with Gasteiger partial charge < -0.3 is 0 Å². The zero-order valence-electron chi connectivity index (χ0n) is 9.51. The molecule has 2 aromatic rings. The lowest BCUT2D eigenvalue weighted by Crippen LogP contribution is -2.23. The monoisotopic (exact) mass is 237 g/mol. The minimum Gasteiger partial charge on any atom is -0.300 e. The first-order chi connectivity index (χ1) is 7.74. The molecule has 5 heteroatoms. The zero-order chi connectivity index (χ0) is 11.5. The number of aryl methyl sites for hydroxylation is 2. The summed E-state index contributed by atoms with van der Waals surface area (Å²) >= 11 is 1.65. The molecule has 0 amide bonds. The van der Waals surface area contributed by atoms with Crippen LogP contribution in [0.2, 0.25) is 0 Å². The van der Waals surface area contributed by atoms with Gasteiger partial charge in [0.05, 0.1) is 17.2 Å². The molecule has 0 atom stereocenters. The van der Waals surface area contributed by atoms with Gasteiger partial charge in [-0.1, -0.05) is 6.92 Å². The van der Waals surface area contributed by atoms with Crippen LogP contribution < -0.4 is 5.69 Å². The van der Waals surface area contributed by atoms with Crippen LogP contribution in [0, 0.1) is 0 Å². The van der Waals surface area contributed by atoms with Gasteiger partial charge >= 0.3 is 5.69 Å². The van der Waals surface area contributed by atoms with Crippen LogP contribution in [0.1, 0.15) is 24.5 Å². The average Bonchev–Trinajstić information content (AvgIpc) is 2.88. The van der Waals surface area contributed by atoms with E-state index in [0.717, 1.165) is 17.1 Å².